The molecule has 1 N–H and O–H groups in total. The molecular weight excluding hydrogens is 260 g/mol. The molecule has 0 spiro atoms. The molecule has 0 aliphatic carbocycles. The molecule has 3 rings (SSSR count). The molecule has 1 fully saturated rings. The van der Waals surface area contributed by atoms with Gasteiger partial charge in [0.1, 0.15) is 6.54 Å². The van der Waals surface area contributed by atoms with Crippen LogP contribution in [-0.4, -0.2) is 38.8 Å². The Balaban J connectivity index is 1.69. The first-order chi connectivity index (χ1) is 9.63. The van der Waals surface area contributed by atoms with Gasteiger partial charge in [-0.15, -0.1) is 0 Å². The van der Waals surface area contributed by atoms with Gasteiger partial charge in [0.05, 0.1) is 5.52 Å². The first-order valence-electron chi connectivity index (χ1n) is 6.20. The Morgan fingerprint density at radius 3 is 2.75 bits per heavy atom. The standard InChI is InChI=1S/C13H12N4O3/c18-11(8-16-12(19)1-2-13(16)20)15-9-4-6-17-10(7-9)3-5-14-17/h3-7H,1-2,8H2,(H,15,18). The fourth-order valence-corrected chi connectivity index (χ4v) is 2.14. The van der Waals surface area contributed by atoms with Crippen LogP contribution >= 0.6 is 0 Å². The number of nitrogens with zero attached hydrogens (tertiary/aromatic N) is 3. The number of rotatable bonds is 3. The molecule has 0 unspecified atom stereocenters. The summed E-state index contributed by atoms with van der Waals surface area (Å²) in [5.41, 5.74) is 1.44. The van der Waals surface area contributed by atoms with Crippen molar-refractivity contribution in [3.63, 3.8) is 0 Å². The smallest absolute Gasteiger partial charge is 0.244 e. The van der Waals surface area contributed by atoms with E-state index in [4.69, 9.17) is 0 Å². The van der Waals surface area contributed by atoms with Crippen LogP contribution in [0.3, 0.4) is 0 Å². The largest absolute Gasteiger partial charge is 0.324 e. The number of hydrogen-bond acceptors (Lipinski definition) is 4. The van der Waals surface area contributed by atoms with E-state index in [-0.39, 0.29) is 31.2 Å². The van der Waals surface area contributed by atoms with Crippen molar-refractivity contribution in [2.45, 2.75) is 12.8 Å². The lowest BCUT2D eigenvalue weighted by molar-refractivity contribution is -0.141. The second-order valence-corrected chi connectivity index (χ2v) is 4.54. The Hall–Kier alpha value is -2.70. The molecule has 7 nitrogen and oxygen atoms in total. The summed E-state index contributed by atoms with van der Waals surface area (Å²) in [5.74, 6) is -0.981. The van der Waals surface area contributed by atoms with Crippen molar-refractivity contribution in [1.29, 1.82) is 0 Å². The lowest BCUT2D eigenvalue weighted by atomic mass is 10.3. The molecule has 0 radical (unpaired) electrons. The van der Waals surface area contributed by atoms with Crippen LogP contribution in [0.1, 0.15) is 12.8 Å². The molecule has 7 heteroatoms. The van der Waals surface area contributed by atoms with E-state index < -0.39 is 5.91 Å². The molecule has 3 heterocycles. The molecule has 0 atom stereocenters. The number of imide groups is 1. The van der Waals surface area contributed by atoms with Crippen LogP contribution in [0.15, 0.2) is 30.6 Å². The van der Waals surface area contributed by atoms with Gasteiger partial charge in [0.2, 0.25) is 17.7 Å². The first kappa shape index (κ1) is 12.3. The van der Waals surface area contributed by atoms with Crippen molar-refractivity contribution in [1.82, 2.24) is 14.5 Å². The predicted octanol–water partition coefficient (Wildman–Crippen LogP) is 0.422. The van der Waals surface area contributed by atoms with Gasteiger partial charge in [-0.3, -0.25) is 19.3 Å². The van der Waals surface area contributed by atoms with Gasteiger partial charge in [-0.1, -0.05) is 0 Å². The Labute approximate surface area is 114 Å². The lowest BCUT2D eigenvalue weighted by Crippen LogP contribution is -2.36. The SMILES string of the molecule is O=C(CN1C(=O)CCC1=O)Nc1ccn2nccc2c1. The number of fused-ring (bicyclic) bond motifs is 1. The fourth-order valence-electron chi connectivity index (χ4n) is 2.14. The second-order valence-electron chi connectivity index (χ2n) is 4.54. The van der Waals surface area contributed by atoms with E-state index in [1.54, 1.807) is 29.0 Å². The molecule has 3 amide bonds. The van der Waals surface area contributed by atoms with Crippen molar-refractivity contribution >= 4 is 28.9 Å². The molecule has 1 aliphatic heterocycles. The van der Waals surface area contributed by atoms with Gasteiger partial charge in [-0.2, -0.15) is 5.10 Å². The normalized spacial score (nSPS) is 15.1. The molecule has 20 heavy (non-hydrogen) atoms. The van der Waals surface area contributed by atoms with E-state index in [1.165, 1.54) is 0 Å². The van der Waals surface area contributed by atoms with Gasteiger partial charge in [0.15, 0.2) is 0 Å². The summed E-state index contributed by atoms with van der Waals surface area (Å²) in [7, 11) is 0. The Kier molecular flexibility index (Phi) is 2.94. The van der Waals surface area contributed by atoms with Crippen LogP contribution in [0.5, 0.6) is 0 Å². The van der Waals surface area contributed by atoms with E-state index >= 15 is 0 Å². The number of anilines is 1. The molecule has 0 saturated carbocycles. The number of carbonyl (C=O) groups excluding carboxylic acids is 3. The number of amides is 3. The van der Waals surface area contributed by atoms with Gasteiger partial charge in [-0.25, -0.2) is 4.52 Å². The van der Waals surface area contributed by atoms with Crippen LogP contribution in [0, 0.1) is 0 Å². The zero-order valence-electron chi connectivity index (χ0n) is 10.6. The summed E-state index contributed by atoms with van der Waals surface area (Å²) in [4.78, 5) is 35.7. The summed E-state index contributed by atoms with van der Waals surface area (Å²) >= 11 is 0. The Bertz CT molecular complexity index is 690. The molecule has 2 aromatic rings. The van der Waals surface area contributed by atoms with Crippen LogP contribution in [-0.2, 0) is 14.4 Å². The predicted molar refractivity (Wildman–Crippen MR) is 69.8 cm³/mol. The number of nitrogens with one attached hydrogen (secondary N) is 1. The van der Waals surface area contributed by atoms with E-state index in [0.29, 0.717) is 5.69 Å². The molecule has 1 aliphatic rings. The second kappa shape index (κ2) is 4.76. The number of carbonyl (C=O) groups is 3. The highest BCUT2D eigenvalue weighted by molar-refractivity contribution is 6.06. The minimum Gasteiger partial charge on any atom is -0.324 e. The van der Waals surface area contributed by atoms with Gasteiger partial charge in [-0.05, 0) is 18.2 Å². The van der Waals surface area contributed by atoms with E-state index in [2.05, 4.69) is 10.4 Å². The van der Waals surface area contributed by atoms with Gasteiger partial charge in [0.25, 0.3) is 0 Å². The van der Waals surface area contributed by atoms with Crippen LogP contribution < -0.4 is 5.32 Å². The van der Waals surface area contributed by atoms with E-state index in [1.807, 2.05) is 6.07 Å². The van der Waals surface area contributed by atoms with Crippen LogP contribution in [0.4, 0.5) is 5.69 Å². The van der Waals surface area contributed by atoms with E-state index in [9.17, 15) is 14.4 Å². The fraction of sp³-hybridized carbons (Fsp3) is 0.231. The van der Waals surface area contributed by atoms with Crippen LogP contribution in [0.2, 0.25) is 0 Å². The molecule has 0 aromatic carbocycles. The maximum atomic E-state index is 11.9. The minimum absolute atomic E-state index is 0.188. The topological polar surface area (TPSA) is 83.8 Å². The van der Waals surface area contributed by atoms with Crippen molar-refractivity contribution in [3.05, 3.63) is 30.6 Å². The Morgan fingerprint density at radius 1 is 1.25 bits per heavy atom. The molecule has 1 saturated heterocycles. The van der Waals surface area contributed by atoms with E-state index in [0.717, 1.165) is 10.4 Å². The average Bonchev–Trinajstić information content (AvgIpc) is 3.00. The average molecular weight is 272 g/mol. The third-order valence-electron chi connectivity index (χ3n) is 3.14. The zero-order valence-corrected chi connectivity index (χ0v) is 10.6. The molecular formula is C13H12N4O3. The third-order valence-corrected chi connectivity index (χ3v) is 3.14. The Morgan fingerprint density at radius 2 is 2.00 bits per heavy atom. The number of hydrogen-bond donors (Lipinski definition) is 1. The summed E-state index contributed by atoms with van der Waals surface area (Å²) in [5, 5.41) is 6.71. The first-order valence-corrected chi connectivity index (χ1v) is 6.20. The maximum absolute atomic E-state index is 11.9. The quantitative estimate of drug-likeness (QED) is 0.821. The van der Waals surface area contributed by atoms with Crippen molar-refractivity contribution in [2.75, 3.05) is 11.9 Å². The van der Waals surface area contributed by atoms with Crippen molar-refractivity contribution < 1.29 is 14.4 Å². The van der Waals surface area contributed by atoms with Crippen molar-refractivity contribution in [3.8, 4) is 0 Å². The minimum atomic E-state index is -0.391. The van der Waals surface area contributed by atoms with Gasteiger partial charge < -0.3 is 5.32 Å². The molecule has 2 aromatic heterocycles. The van der Waals surface area contributed by atoms with Crippen molar-refractivity contribution in [2.24, 2.45) is 0 Å². The van der Waals surface area contributed by atoms with Gasteiger partial charge >= 0.3 is 0 Å². The number of pyridine rings is 1. The summed E-state index contributed by atoms with van der Waals surface area (Å²) < 4.78 is 1.67. The monoisotopic (exact) mass is 272 g/mol. The summed E-state index contributed by atoms with van der Waals surface area (Å²) in [6.45, 7) is -0.234. The summed E-state index contributed by atoms with van der Waals surface area (Å²) in [6, 6.07) is 5.27. The lowest BCUT2D eigenvalue weighted by Gasteiger charge is -2.13. The highest BCUT2D eigenvalue weighted by Gasteiger charge is 2.30. The van der Waals surface area contributed by atoms with Gasteiger partial charge in [0, 0.05) is 30.9 Å². The highest BCUT2D eigenvalue weighted by atomic mass is 16.2. The number of likely N-dealkylation sites (tertiary alicyclic amines) is 1. The summed E-state index contributed by atoms with van der Waals surface area (Å²) in [6.07, 6.45) is 3.75. The third kappa shape index (κ3) is 2.25. The van der Waals surface area contributed by atoms with Crippen LogP contribution in [0.25, 0.3) is 5.52 Å². The maximum Gasteiger partial charge on any atom is 0.244 e. The zero-order chi connectivity index (χ0) is 14.1. The number of aromatic nitrogens is 2. The molecule has 0 bridgehead atoms. The molecule has 102 valence electrons. The highest BCUT2D eigenvalue weighted by Crippen LogP contribution is 2.13.